The predicted octanol–water partition coefficient (Wildman–Crippen LogP) is 4.51. The number of ether oxygens (including phenoxy) is 2. The van der Waals surface area contributed by atoms with Crippen molar-refractivity contribution in [2.75, 3.05) is 44.8 Å². The molecule has 0 aliphatic carbocycles. The lowest BCUT2D eigenvalue weighted by Crippen LogP contribution is -2.46. The molecule has 3 aromatic carbocycles. The Bertz CT molecular complexity index is 1130. The van der Waals surface area contributed by atoms with Crippen LogP contribution in [-0.4, -0.2) is 50.7 Å². The molecule has 1 aliphatic rings. The quantitative estimate of drug-likeness (QED) is 0.441. The summed E-state index contributed by atoms with van der Waals surface area (Å²) in [5.41, 5.74) is 4.19. The molecule has 4 rings (SSSR count). The minimum absolute atomic E-state index is 0.148. The molecule has 1 N–H and O–H groups in total. The van der Waals surface area contributed by atoms with Crippen molar-refractivity contribution in [2.45, 2.75) is 13.1 Å². The number of hydrogen-bond acceptors (Lipinski definition) is 5. The number of amides is 1. The second kappa shape index (κ2) is 12.1. The molecule has 6 heteroatoms. The van der Waals surface area contributed by atoms with Crippen LogP contribution in [0, 0.1) is 0 Å². The number of nitrogens with zero attached hydrogens (tertiary/aromatic N) is 2. The molecule has 0 radical (unpaired) electrons. The van der Waals surface area contributed by atoms with Crippen molar-refractivity contribution in [3.8, 4) is 11.5 Å². The molecule has 1 saturated heterocycles. The van der Waals surface area contributed by atoms with Gasteiger partial charge in [0, 0.05) is 50.5 Å². The van der Waals surface area contributed by atoms with E-state index in [1.807, 2.05) is 6.07 Å². The third-order valence-corrected chi connectivity index (χ3v) is 6.23. The molecular formula is C29H33N3O3. The normalized spacial score (nSPS) is 13.8. The van der Waals surface area contributed by atoms with E-state index in [4.69, 9.17) is 9.47 Å². The first kappa shape index (κ1) is 24.4. The van der Waals surface area contributed by atoms with Crippen molar-refractivity contribution in [3.05, 3.63) is 102 Å². The Morgan fingerprint density at radius 3 is 2.37 bits per heavy atom. The summed E-state index contributed by atoms with van der Waals surface area (Å²) < 4.78 is 11.0. The fourth-order valence-electron chi connectivity index (χ4n) is 4.28. The highest BCUT2D eigenvalue weighted by Gasteiger charge is 2.18. The Hall–Kier alpha value is -3.77. The van der Waals surface area contributed by atoms with Gasteiger partial charge in [-0.3, -0.25) is 9.69 Å². The standard InChI is InChI=1S/C29H33N3O3/c1-3-19-35-27-14-13-23(20-28(27)34-2)29(33)30-21-24-9-7-8-10-25(24)22-31-15-17-32(18-16-31)26-11-5-4-6-12-26/h3-14,20H,1,15-19,21-22H2,2H3,(H,30,33). The van der Waals surface area contributed by atoms with Gasteiger partial charge in [0.05, 0.1) is 7.11 Å². The maximum Gasteiger partial charge on any atom is 0.251 e. The third kappa shape index (κ3) is 6.43. The lowest BCUT2D eigenvalue weighted by molar-refractivity contribution is 0.0950. The smallest absolute Gasteiger partial charge is 0.251 e. The van der Waals surface area contributed by atoms with Crippen LogP contribution < -0.4 is 19.7 Å². The van der Waals surface area contributed by atoms with Gasteiger partial charge in [-0.25, -0.2) is 0 Å². The molecule has 1 fully saturated rings. The van der Waals surface area contributed by atoms with Gasteiger partial charge in [-0.15, -0.1) is 0 Å². The molecule has 3 aromatic rings. The second-order valence-corrected chi connectivity index (χ2v) is 8.52. The van der Waals surface area contributed by atoms with Crippen LogP contribution in [0.3, 0.4) is 0 Å². The Labute approximate surface area is 207 Å². The SMILES string of the molecule is C=CCOc1ccc(C(=O)NCc2ccccc2CN2CCN(c3ccccc3)CC2)cc1OC. The van der Waals surface area contributed by atoms with E-state index in [-0.39, 0.29) is 5.91 Å². The van der Waals surface area contributed by atoms with Crippen LogP contribution in [-0.2, 0) is 13.1 Å². The average Bonchev–Trinajstić information content (AvgIpc) is 2.92. The van der Waals surface area contributed by atoms with Crippen LogP contribution in [0.15, 0.2) is 85.5 Å². The maximum absolute atomic E-state index is 12.8. The molecule has 0 atom stereocenters. The summed E-state index contributed by atoms with van der Waals surface area (Å²) in [6.07, 6.45) is 1.67. The summed E-state index contributed by atoms with van der Waals surface area (Å²) in [7, 11) is 1.56. The van der Waals surface area contributed by atoms with Gasteiger partial charge >= 0.3 is 0 Å². The molecule has 6 nitrogen and oxygen atoms in total. The van der Waals surface area contributed by atoms with Crippen molar-refractivity contribution in [3.63, 3.8) is 0 Å². The van der Waals surface area contributed by atoms with E-state index in [0.717, 1.165) is 38.3 Å². The van der Waals surface area contributed by atoms with Crippen LogP contribution in [0.2, 0.25) is 0 Å². The number of piperazine rings is 1. The molecule has 1 aliphatic heterocycles. The van der Waals surface area contributed by atoms with E-state index in [1.165, 1.54) is 11.3 Å². The first-order chi connectivity index (χ1) is 17.2. The zero-order chi connectivity index (χ0) is 24.5. The summed E-state index contributed by atoms with van der Waals surface area (Å²) in [6, 6.07) is 24.1. The Morgan fingerprint density at radius 2 is 1.66 bits per heavy atom. The number of methoxy groups -OCH3 is 1. The van der Waals surface area contributed by atoms with Crippen LogP contribution in [0.25, 0.3) is 0 Å². The molecule has 0 unspecified atom stereocenters. The predicted molar refractivity (Wildman–Crippen MR) is 140 cm³/mol. The van der Waals surface area contributed by atoms with E-state index in [0.29, 0.717) is 30.2 Å². The maximum atomic E-state index is 12.8. The van der Waals surface area contributed by atoms with Gasteiger partial charge in [0.2, 0.25) is 0 Å². The van der Waals surface area contributed by atoms with Gasteiger partial charge in [-0.2, -0.15) is 0 Å². The Morgan fingerprint density at radius 1 is 0.943 bits per heavy atom. The lowest BCUT2D eigenvalue weighted by atomic mass is 10.1. The highest BCUT2D eigenvalue weighted by Crippen LogP contribution is 2.28. The highest BCUT2D eigenvalue weighted by molar-refractivity contribution is 5.94. The van der Waals surface area contributed by atoms with Crippen molar-refractivity contribution in [2.24, 2.45) is 0 Å². The van der Waals surface area contributed by atoms with E-state index in [1.54, 1.807) is 31.4 Å². The molecule has 0 aromatic heterocycles. The number of carbonyl (C=O) groups is 1. The molecule has 1 heterocycles. The van der Waals surface area contributed by atoms with Crippen LogP contribution >= 0.6 is 0 Å². The van der Waals surface area contributed by atoms with Crippen LogP contribution in [0.5, 0.6) is 11.5 Å². The summed E-state index contributed by atoms with van der Waals surface area (Å²) >= 11 is 0. The minimum atomic E-state index is -0.148. The summed E-state index contributed by atoms with van der Waals surface area (Å²) in [6.45, 7) is 9.41. The van der Waals surface area contributed by atoms with E-state index < -0.39 is 0 Å². The monoisotopic (exact) mass is 471 g/mol. The molecule has 182 valence electrons. The van der Waals surface area contributed by atoms with Crippen molar-refractivity contribution in [1.29, 1.82) is 0 Å². The number of nitrogens with one attached hydrogen (secondary N) is 1. The fraction of sp³-hybridized carbons (Fsp3) is 0.276. The van der Waals surface area contributed by atoms with Crippen LogP contribution in [0.1, 0.15) is 21.5 Å². The third-order valence-electron chi connectivity index (χ3n) is 6.23. The first-order valence-electron chi connectivity index (χ1n) is 12.0. The number of benzene rings is 3. The molecule has 0 saturated carbocycles. The molecule has 35 heavy (non-hydrogen) atoms. The van der Waals surface area contributed by atoms with Gasteiger partial charge in [-0.05, 0) is 41.5 Å². The summed E-state index contributed by atoms with van der Waals surface area (Å²) in [4.78, 5) is 17.8. The van der Waals surface area contributed by atoms with Crippen LogP contribution in [0.4, 0.5) is 5.69 Å². The Kier molecular flexibility index (Phi) is 8.41. The van der Waals surface area contributed by atoms with Crippen molar-refractivity contribution >= 4 is 11.6 Å². The van der Waals surface area contributed by atoms with Crippen molar-refractivity contribution in [1.82, 2.24) is 10.2 Å². The van der Waals surface area contributed by atoms with E-state index in [9.17, 15) is 4.79 Å². The summed E-state index contributed by atoms with van der Waals surface area (Å²) in [5, 5.41) is 3.06. The average molecular weight is 472 g/mol. The Balaban J connectivity index is 1.34. The number of para-hydroxylation sites is 1. The number of hydrogen-bond donors (Lipinski definition) is 1. The number of carbonyl (C=O) groups excluding carboxylic acids is 1. The largest absolute Gasteiger partial charge is 0.493 e. The van der Waals surface area contributed by atoms with Gasteiger partial charge in [-0.1, -0.05) is 55.1 Å². The lowest BCUT2D eigenvalue weighted by Gasteiger charge is -2.36. The molecule has 1 amide bonds. The molecule has 0 bridgehead atoms. The zero-order valence-electron chi connectivity index (χ0n) is 20.3. The zero-order valence-corrected chi connectivity index (χ0v) is 20.3. The van der Waals surface area contributed by atoms with Gasteiger partial charge in [0.15, 0.2) is 11.5 Å². The number of anilines is 1. The van der Waals surface area contributed by atoms with Crippen molar-refractivity contribution < 1.29 is 14.3 Å². The minimum Gasteiger partial charge on any atom is -0.493 e. The van der Waals surface area contributed by atoms with Gasteiger partial charge in [0.25, 0.3) is 5.91 Å². The topological polar surface area (TPSA) is 54.0 Å². The molecule has 0 spiro atoms. The first-order valence-corrected chi connectivity index (χ1v) is 12.0. The van der Waals surface area contributed by atoms with Gasteiger partial charge in [0.1, 0.15) is 6.61 Å². The fourth-order valence-corrected chi connectivity index (χ4v) is 4.28. The summed E-state index contributed by atoms with van der Waals surface area (Å²) in [5.74, 6) is 0.959. The van der Waals surface area contributed by atoms with Gasteiger partial charge < -0.3 is 19.7 Å². The second-order valence-electron chi connectivity index (χ2n) is 8.52. The highest BCUT2D eigenvalue weighted by atomic mass is 16.5. The van der Waals surface area contributed by atoms with E-state index in [2.05, 4.69) is 70.2 Å². The number of rotatable bonds is 10. The molecular weight excluding hydrogens is 438 g/mol. The van der Waals surface area contributed by atoms with E-state index >= 15 is 0 Å².